The fraction of sp³-hybridized carbons (Fsp3) is 0.0476. The van der Waals surface area contributed by atoms with Crippen LogP contribution < -0.4 is 5.56 Å². The number of nitrogens with zero attached hydrogens (tertiary/aromatic N) is 3. The summed E-state index contributed by atoms with van der Waals surface area (Å²) in [5.74, 6) is 0. The molecule has 5 rings (SSSR count). The number of pyridine rings is 2. The molecule has 0 aliphatic heterocycles. The van der Waals surface area contributed by atoms with Crippen molar-refractivity contribution in [2.45, 2.75) is 6.92 Å². The van der Waals surface area contributed by atoms with Crippen LogP contribution in [0.1, 0.15) is 4.88 Å². The van der Waals surface area contributed by atoms with Crippen LogP contribution in [0.3, 0.4) is 0 Å². The minimum Gasteiger partial charge on any atom is -0.304 e. The summed E-state index contributed by atoms with van der Waals surface area (Å²) in [6, 6.07) is 15.8. The van der Waals surface area contributed by atoms with E-state index in [4.69, 9.17) is 9.97 Å². The lowest BCUT2D eigenvalue weighted by Crippen LogP contribution is -2.08. The van der Waals surface area contributed by atoms with Crippen molar-refractivity contribution in [1.29, 1.82) is 0 Å². The second kappa shape index (κ2) is 6.61. The summed E-state index contributed by atoms with van der Waals surface area (Å²) in [7, 11) is 0. The number of rotatable bonds is 2. The van der Waals surface area contributed by atoms with Crippen molar-refractivity contribution < 1.29 is 0 Å². The molecule has 5 nitrogen and oxygen atoms in total. The van der Waals surface area contributed by atoms with E-state index in [1.54, 1.807) is 23.6 Å². The third-order valence-corrected chi connectivity index (χ3v) is 6.08. The number of hydrogen-bond acceptors (Lipinski definition) is 5. The van der Waals surface area contributed by atoms with Crippen LogP contribution in [0.15, 0.2) is 64.0 Å². The maximum atomic E-state index is 12.0. The molecule has 0 spiro atoms. The Morgan fingerprint density at radius 2 is 1.89 bits per heavy atom. The van der Waals surface area contributed by atoms with Gasteiger partial charge in [-0.05, 0) is 59.3 Å². The maximum absolute atomic E-state index is 12.0. The minimum atomic E-state index is -0.223. The Labute approximate surface area is 172 Å². The van der Waals surface area contributed by atoms with Crippen LogP contribution in [0.2, 0.25) is 0 Å². The van der Waals surface area contributed by atoms with Gasteiger partial charge in [0.05, 0.1) is 20.6 Å². The Morgan fingerprint density at radius 1 is 1.00 bits per heavy atom. The van der Waals surface area contributed by atoms with Gasteiger partial charge in [-0.1, -0.05) is 12.1 Å². The van der Waals surface area contributed by atoms with E-state index in [2.05, 4.69) is 45.0 Å². The first-order chi connectivity index (χ1) is 13.6. The van der Waals surface area contributed by atoms with Crippen LogP contribution in [-0.4, -0.2) is 19.9 Å². The molecule has 5 aromatic rings. The Kier molecular flexibility index (Phi) is 4.07. The van der Waals surface area contributed by atoms with Crippen molar-refractivity contribution in [3.05, 3.63) is 74.4 Å². The Morgan fingerprint density at radius 3 is 2.71 bits per heavy atom. The molecule has 1 N–H and O–H groups in total. The molecular weight excluding hydrogens is 436 g/mol. The molecule has 0 aliphatic rings. The first kappa shape index (κ1) is 17.2. The molecule has 0 fully saturated rings. The predicted octanol–water partition coefficient (Wildman–Crippen LogP) is 5.33. The zero-order valence-corrected chi connectivity index (χ0v) is 17.1. The number of benzene rings is 1. The topological polar surface area (TPSA) is 71.5 Å². The van der Waals surface area contributed by atoms with Crippen LogP contribution >= 0.6 is 27.3 Å². The average Bonchev–Trinajstić information content (AvgIpc) is 3.14. The molecule has 0 unspecified atom stereocenters. The molecule has 7 heteroatoms. The zero-order chi connectivity index (χ0) is 19.3. The Hall–Kier alpha value is -2.90. The highest BCUT2D eigenvalue weighted by atomic mass is 79.9. The lowest BCUT2D eigenvalue weighted by molar-refractivity contribution is 1.18. The van der Waals surface area contributed by atoms with Crippen molar-refractivity contribution in [1.82, 2.24) is 19.9 Å². The third kappa shape index (κ3) is 2.93. The fourth-order valence-electron chi connectivity index (χ4n) is 3.15. The van der Waals surface area contributed by atoms with Crippen molar-refractivity contribution in [2.75, 3.05) is 0 Å². The predicted molar refractivity (Wildman–Crippen MR) is 117 cm³/mol. The van der Waals surface area contributed by atoms with E-state index in [0.29, 0.717) is 15.6 Å². The molecule has 0 radical (unpaired) electrons. The van der Waals surface area contributed by atoms with Gasteiger partial charge in [-0.25, -0.2) is 9.97 Å². The summed E-state index contributed by atoms with van der Waals surface area (Å²) in [5.41, 5.74) is 4.30. The standard InChI is InChI=1S/C21H13BrN4OS/c1-11-4-7-17(28-11)19-18(13-5-6-15-12(9-13)3-2-8-23-15)24-16-10-14(22)21(27)26-20(16)25-19/h2-10H,1H3,(H,25,26,27). The average molecular weight is 449 g/mol. The van der Waals surface area contributed by atoms with Crippen LogP contribution in [0.25, 0.3) is 43.9 Å². The Bertz CT molecular complexity index is 1420. The number of aryl methyl sites for hydroxylation is 1. The Balaban J connectivity index is 1.83. The molecule has 1 aromatic carbocycles. The SMILES string of the molecule is Cc1ccc(-c2nc3[nH]c(=O)c(Br)cc3nc2-c2ccc3ncccc3c2)s1. The van der Waals surface area contributed by atoms with E-state index < -0.39 is 0 Å². The molecule has 4 heterocycles. The molecule has 28 heavy (non-hydrogen) atoms. The maximum Gasteiger partial charge on any atom is 0.263 e. The van der Waals surface area contributed by atoms with Gasteiger partial charge in [-0.15, -0.1) is 11.3 Å². The van der Waals surface area contributed by atoms with Crippen molar-refractivity contribution >= 4 is 49.3 Å². The molecule has 4 aromatic heterocycles. The van der Waals surface area contributed by atoms with Crippen molar-refractivity contribution in [2.24, 2.45) is 0 Å². The highest BCUT2D eigenvalue weighted by molar-refractivity contribution is 9.10. The zero-order valence-electron chi connectivity index (χ0n) is 14.7. The summed E-state index contributed by atoms with van der Waals surface area (Å²) in [6.45, 7) is 2.06. The van der Waals surface area contributed by atoms with Gasteiger partial charge in [0.25, 0.3) is 5.56 Å². The molecule has 0 atom stereocenters. The number of halogens is 1. The normalized spacial score (nSPS) is 11.4. The molecular formula is C21H13BrN4OS. The van der Waals surface area contributed by atoms with Crippen LogP contribution in [0.4, 0.5) is 0 Å². The number of aromatic nitrogens is 4. The summed E-state index contributed by atoms with van der Waals surface area (Å²) < 4.78 is 0.433. The summed E-state index contributed by atoms with van der Waals surface area (Å²) in [6.07, 6.45) is 1.78. The van der Waals surface area contributed by atoms with Gasteiger partial charge in [-0.3, -0.25) is 9.78 Å². The van der Waals surface area contributed by atoms with Crippen LogP contribution in [0, 0.1) is 6.92 Å². The van der Waals surface area contributed by atoms with Gasteiger partial charge in [0.15, 0.2) is 5.65 Å². The summed E-state index contributed by atoms with van der Waals surface area (Å²) in [5, 5.41) is 1.04. The lowest BCUT2D eigenvalue weighted by atomic mass is 10.1. The van der Waals surface area contributed by atoms with Gasteiger partial charge in [0.2, 0.25) is 0 Å². The number of fused-ring (bicyclic) bond motifs is 2. The third-order valence-electron chi connectivity index (χ3n) is 4.49. The van der Waals surface area contributed by atoms with E-state index in [0.717, 1.165) is 32.7 Å². The van der Waals surface area contributed by atoms with Crippen LogP contribution in [0.5, 0.6) is 0 Å². The first-order valence-corrected chi connectivity index (χ1v) is 10.2. The smallest absolute Gasteiger partial charge is 0.263 e. The van der Waals surface area contributed by atoms with Gasteiger partial charge >= 0.3 is 0 Å². The van der Waals surface area contributed by atoms with E-state index in [1.807, 2.05) is 30.3 Å². The largest absolute Gasteiger partial charge is 0.304 e. The fourth-order valence-corrected chi connectivity index (χ4v) is 4.33. The van der Waals surface area contributed by atoms with Gasteiger partial charge in [0.1, 0.15) is 11.2 Å². The van der Waals surface area contributed by atoms with Gasteiger partial charge in [-0.2, -0.15) is 0 Å². The highest BCUT2D eigenvalue weighted by Gasteiger charge is 2.16. The molecule has 0 bridgehead atoms. The number of aromatic amines is 1. The number of nitrogens with one attached hydrogen (secondary N) is 1. The van der Waals surface area contributed by atoms with Gasteiger partial charge < -0.3 is 4.98 Å². The van der Waals surface area contributed by atoms with Gasteiger partial charge in [0, 0.05) is 22.0 Å². The van der Waals surface area contributed by atoms with Crippen LogP contribution in [-0.2, 0) is 0 Å². The monoisotopic (exact) mass is 448 g/mol. The second-order valence-electron chi connectivity index (χ2n) is 6.42. The molecule has 136 valence electrons. The van der Waals surface area contributed by atoms with E-state index in [-0.39, 0.29) is 5.56 Å². The molecule has 0 aliphatic carbocycles. The summed E-state index contributed by atoms with van der Waals surface area (Å²) >= 11 is 4.93. The molecule has 0 amide bonds. The first-order valence-electron chi connectivity index (χ1n) is 8.61. The quantitative estimate of drug-likeness (QED) is 0.395. The van der Waals surface area contributed by atoms with Crippen molar-refractivity contribution in [3.63, 3.8) is 0 Å². The lowest BCUT2D eigenvalue weighted by Gasteiger charge is -2.10. The molecule has 0 saturated carbocycles. The van der Waals surface area contributed by atoms with E-state index >= 15 is 0 Å². The molecule has 0 saturated heterocycles. The number of thiophene rings is 1. The number of hydrogen-bond donors (Lipinski definition) is 1. The van der Waals surface area contributed by atoms with E-state index in [9.17, 15) is 4.79 Å². The second-order valence-corrected chi connectivity index (χ2v) is 8.56. The summed E-state index contributed by atoms with van der Waals surface area (Å²) in [4.78, 5) is 31.0. The van der Waals surface area contributed by atoms with Crippen molar-refractivity contribution in [3.8, 4) is 21.8 Å². The van der Waals surface area contributed by atoms with E-state index in [1.165, 1.54) is 4.88 Å². The number of H-pyrrole nitrogens is 1. The highest BCUT2D eigenvalue weighted by Crippen LogP contribution is 2.35. The minimum absolute atomic E-state index is 0.223.